The number of carbonyl (C=O) groups is 1. The van der Waals surface area contributed by atoms with Crippen LogP contribution in [0.3, 0.4) is 0 Å². The number of para-hydroxylation sites is 1. The average Bonchev–Trinajstić information content (AvgIpc) is 2.62. The Morgan fingerprint density at radius 2 is 1.71 bits per heavy atom. The molecule has 0 unspecified atom stereocenters. The summed E-state index contributed by atoms with van der Waals surface area (Å²) in [5.74, 6) is 0.0359. The molecule has 0 N–H and O–H groups in total. The van der Waals surface area contributed by atoms with E-state index < -0.39 is 0 Å². The number of benzene rings is 2. The van der Waals surface area contributed by atoms with Crippen LogP contribution in [0.2, 0.25) is 5.02 Å². The number of fused-ring (bicyclic) bond motifs is 1. The number of pyridine rings is 1. The van der Waals surface area contributed by atoms with E-state index in [0.717, 1.165) is 22.2 Å². The van der Waals surface area contributed by atoms with Gasteiger partial charge in [-0.2, -0.15) is 0 Å². The van der Waals surface area contributed by atoms with Gasteiger partial charge < -0.3 is 4.90 Å². The number of hydrogen-bond donors (Lipinski definition) is 0. The molecule has 24 heavy (non-hydrogen) atoms. The summed E-state index contributed by atoms with van der Waals surface area (Å²) >= 11 is 5.97. The fourth-order valence-electron chi connectivity index (χ4n) is 2.80. The summed E-state index contributed by atoms with van der Waals surface area (Å²) in [5.41, 5.74) is 3.23. The number of carbonyl (C=O) groups excluding carboxylic acids is 1. The van der Waals surface area contributed by atoms with Gasteiger partial charge in [-0.05, 0) is 38.1 Å². The summed E-state index contributed by atoms with van der Waals surface area (Å²) in [4.78, 5) is 19.5. The van der Waals surface area contributed by atoms with Gasteiger partial charge in [0.2, 0.25) is 0 Å². The Bertz CT molecular complexity index is 870. The van der Waals surface area contributed by atoms with E-state index in [4.69, 9.17) is 16.6 Å². The maximum absolute atomic E-state index is 12.9. The third-order valence-corrected chi connectivity index (χ3v) is 4.39. The molecule has 0 aliphatic carbocycles. The van der Waals surface area contributed by atoms with Crippen molar-refractivity contribution in [3.05, 3.63) is 65.2 Å². The van der Waals surface area contributed by atoms with E-state index in [2.05, 4.69) is 0 Å². The predicted molar refractivity (Wildman–Crippen MR) is 99.4 cm³/mol. The molecule has 1 amide bonds. The van der Waals surface area contributed by atoms with Gasteiger partial charge in [0.25, 0.3) is 5.91 Å². The zero-order valence-electron chi connectivity index (χ0n) is 13.8. The first kappa shape index (κ1) is 16.5. The van der Waals surface area contributed by atoms with Gasteiger partial charge in [-0.3, -0.25) is 4.79 Å². The van der Waals surface area contributed by atoms with Crippen molar-refractivity contribution in [1.29, 1.82) is 0 Å². The number of amides is 1. The van der Waals surface area contributed by atoms with Gasteiger partial charge in [-0.25, -0.2) is 4.98 Å². The van der Waals surface area contributed by atoms with Gasteiger partial charge in [-0.1, -0.05) is 41.9 Å². The molecule has 0 radical (unpaired) electrons. The number of nitrogens with zero attached hydrogens (tertiary/aromatic N) is 2. The summed E-state index contributed by atoms with van der Waals surface area (Å²) in [6.45, 7) is 5.35. The monoisotopic (exact) mass is 338 g/mol. The molecule has 1 aromatic heterocycles. The maximum Gasteiger partial charge on any atom is 0.254 e. The molecule has 0 saturated heterocycles. The lowest BCUT2D eigenvalue weighted by Gasteiger charge is -2.20. The van der Waals surface area contributed by atoms with Crippen molar-refractivity contribution in [2.75, 3.05) is 13.1 Å². The predicted octanol–water partition coefficient (Wildman–Crippen LogP) is 5.04. The maximum atomic E-state index is 12.9. The fraction of sp³-hybridized carbons (Fsp3) is 0.200. The topological polar surface area (TPSA) is 33.2 Å². The van der Waals surface area contributed by atoms with E-state index in [1.165, 1.54) is 0 Å². The Kier molecular flexibility index (Phi) is 4.81. The second kappa shape index (κ2) is 7.02. The largest absolute Gasteiger partial charge is 0.339 e. The van der Waals surface area contributed by atoms with Gasteiger partial charge in [-0.15, -0.1) is 0 Å². The Morgan fingerprint density at radius 3 is 2.38 bits per heavy atom. The minimum absolute atomic E-state index is 0.0359. The smallest absolute Gasteiger partial charge is 0.254 e. The van der Waals surface area contributed by atoms with Crippen molar-refractivity contribution < 1.29 is 4.79 Å². The summed E-state index contributed by atoms with van der Waals surface area (Å²) in [7, 11) is 0. The van der Waals surface area contributed by atoms with Crippen LogP contribution >= 0.6 is 11.6 Å². The van der Waals surface area contributed by atoms with Gasteiger partial charge in [0.1, 0.15) is 0 Å². The first-order valence-electron chi connectivity index (χ1n) is 8.09. The molecule has 3 aromatic rings. The van der Waals surface area contributed by atoms with Crippen LogP contribution in [0.5, 0.6) is 0 Å². The Morgan fingerprint density at radius 1 is 1.04 bits per heavy atom. The van der Waals surface area contributed by atoms with E-state index in [9.17, 15) is 4.79 Å². The lowest BCUT2D eigenvalue weighted by molar-refractivity contribution is 0.0775. The highest BCUT2D eigenvalue weighted by atomic mass is 35.5. The summed E-state index contributed by atoms with van der Waals surface area (Å²) in [5, 5.41) is 1.56. The second-order valence-corrected chi connectivity index (χ2v) is 5.99. The lowest BCUT2D eigenvalue weighted by atomic mass is 10.0. The zero-order chi connectivity index (χ0) is 17.1. The molecule has 0 saturated carbocycles. The standard InChI is InChI=1S/C20H19ClN2O/c1-3-23(4-2)20(24)17-13-19(14-9-11-15(21)12-10-14)22-18-8-6-5-7-16(17)18/h5-13H,3-4H2,1-2H3. The van der Waals surface area contributed by atoms with Crippen LogP contribution in [-0.2, 0) is 0 Å². The summed E-state index contributed by atoms with van der Waals surface area (Å²) in [6, 6.07) is 17.2. The zero-order valence-corrected chi connectivity index (χ0v) is 14.5. The Balaban J connectivity index is 2.19. The van der Waals surface area contributed by atoms with Crippen LogP contribution < -0.4 is 0 Å². The van der Waals surface area contributed by atoms with E-state index in [1.807, 2.05) is 73.3 Å². The van der Waals surface area contributed by atoms with E-state index in [-0.39, 0.29) is 5.91 Å². The Labute approximate surface area is 146 Å². The molecule has 2 aromatic carbocycles. The molecule has 0 aliphatic heterocycles. The molecule has 3 rings (SSSR count). The quantitative estimate of drug-likeness (QED) is 0.668. The van der Waals surface area contributed by atoms with Gasteiger partial charge in [0.15, 0.2) is 0 Å². The molecule has 0 spiro atoms. The van der Waals surface area contributed by atoms with Crippen LogP contribution in [0, 0.1) is 0 Å². The van der Waals surface area contributed by atoms with E-state index in [0.29, 0.717) is 23.7 Å². The van der Waals surface area contributed by atoms with Crippen molar-refractivity contribution in [2.24, 2.45) is 0 Å². The normalized spacial score (nSPS) is 10.8. The molecular formula is C20H19ClN2O. The highest BCUT2D eigenvalue weighted by molar-refractivity contribution is 6.30. The highest BCUT2D eigenvalue weighted by Gasteiger charge is 2.17. The molecular weight excluding hydrogens is 320 g/mol. The highest BCUT2D eigenvalue weighted by Crippen LogP contribution is 2.26. The number of aromatic nitrogens is 1. The van der Waals surface area contributed by atoms with Crippen LogP contribution in [0.4, 0.5) is 0 Å². The van der Waals surface area contributed by atoms with Crippen molar-refractivity contribution in [1.82, 2.24) is 9.88 Å². The first-order chi connectivity index (χ1) is 11.6. The van der Waals surface area contributed by atoms with Crippen molar-refractivity contribution in [2.45, 2.75) is 13.8 Å². The molecule has 1 heterocycles. The van der Waals surface area contributed by atoms with Gasteiger partial charge in [0, 0.05) is 29.1 Å². The first-order valence-corrected chi connectivity index (χ1v) is 8.46. The van der Waals surface area contributed by atoms with Crippen LogP contribution in [0.15, 0.2) is 54.6 Å². The van der Waals surface area contributed by atoms with E-state index in [1.54, 1.807) is 0 Å². The van der Waals surface area contributed by atoms with Crippen molar-refractivity contribution in [3.8, 4) is 11.3 Å². The van der Waals surface area contributed by atoms with Crippen molar-refractivity contribution in [3.63, 3.8) is 0 Å². The third kappa shape index (κ3) is 3.13. The number of hydrogen-bond acceptors (Lipinski definition) is 2. The third-order valence-electron chi connectivity index (χ3n) is 4.14. The molecule has 0 bridgehead atoms. The molecule has 0 fully saturated rings. The van der Waals surface area contributed by atoms with Gasteiger partial charge in [0.05, 0.1) is 16.8 Å². The molecule has 0 aliphatic rings. The number of rotatable bonds is 4. The molecule has 122 valence electrons. The summed E-state index contributed by atoms with van der Waals surface area (Å²) in [6.07, 6.45) is 0. The molecule has 3 nitrogen and oxygen atoms in total. The van der Waals surface area contributed by atoms with Crippen LogP contribution in [0.1, 0.15) is 24.2 Å². The molecule has 4 heteroatoms. The molecule has 0 atom stereocenters. The minimum Gasteiger partial charge on any atom is -0.339 e. The lowest BCUT2D eigenvalue weighted by Crippen LogP contribution is -2.30. The van der Waals surface area contributed by atoms with Crippen molar-refractivity contribution >= 4 is 28.4 Å². The van der Waals surface area contributed by atoms with Crippen LogP contribution in [-0.4, -0.2) is 28.9 Å². The number of halogens is 1. The fourth-order valence-corrected chi connectivity index (χ4v) is 2.93. The Hall–Kier alpha value is -2.39. The summed E-state index contributed by atoms with van der Waals surface area (Å²) < 4.78 is 0. The average molecular weight is 339 g/mol. The van der Waals surface area contributed by atoms with Crippen LogP contribution in [0.25, 0.3) is 22.2 Å². The second-order valence-electron chi connectivity index (χ2n) is 5.56. The van der Waals surface area contributed by atoms with E-state index >= 15 is 0 Å². The van der Waals surface area contributed by atoms with Gasteiger partial charge >= 0.3 is 0 Å². The minimum atomic E-state index is 0.0359. The SMILES string of the molecule is CCN(CC)C(=O)c1cc(-c2ccc(Cl)cc2)nc2ccccc12.